The Balaban J connectivity index is 1.19. The van der Waals surface area contributed by atoms with Crippen LogP contribution in [0.5, 0.6) is 0 Å². The van der Waals surface area contributed by atoms with E-state index in [2.05, 4.69) is 138 Å². The van der Waals surface area contributed by atoms with Crippen LogP contribution in [0, 0.1) is 0 Å². The van der Waals surface area contributed by atoms with Crippen molar-refractivity contribution in [3.8, 4) is 43.3 Å². The highest BCUT2D eigenvalue weighted by Crippen LogP contribution is 2.38. The molecule has 0 aliphatic carbocycles. The van der Waals surface area contributed by atoms with Crippen LogP contribution in [0.3, 0.4) is 0 Å². The first-order chi connectivity index (χ1) is 20.3. The lowest BCUT2D eigenvalue weighted by atomic mass is 9.93. The minimum absolute atomic E-state index is 0.938. The average Bonchev–Trinajstić information content (AvgIpc) is 3.55. The molecule has 0 bridgehead atoms. The van der Waals surface area contributed by atoms with Crippen molar-refractivity contribution in [3.05, 3.63) is 146 Å². The maximum absolute atomic E-state index is 5.13. The largest absolute Gasteiger partial charge is 0.254 e. The predicted octanol–water partition coefficient (Wildman–Crippen LogP) is 10.7. The first kappa shape index (κ1) is 23.7. The van der Waals surface area contributed by atoms with Gasteiger partial charge in [-0.1, -0.05) is 115 Å². The standard InChI is InChI=1S/C38H24N2S/c1-2-7-26(8-3-1)35-22-23-36(41-35)27-14-12-25(13-15-27)30-19-20-33(32-11-5-4-10-31(30)32)34-21-18-29-17-16-28-9-6-24-39-37(28)38(29)40-34/h1-24H. The highest BCUT2D eigenvalue weighted by Gasteiger charge is 2.13. The number of pyridine rings is 2. The number of hydrogen-bond donors (Lipinski definition) is 0. The predicted molar refractivity (Wildman–Crippen MR) is 174 cm³/mol. The van der Waals surface area contributed by atoms with Crippen LogP contribution in [-0.4, -0.2) is 9.97 Å². The number of rotatable bonds is 4. The first-order valence-corrected chi connectivity index (χ1v) is 14.6. The Hall–Kier alpha value is -5.12. The molecule has 0 atom stereocenters. The molecule has 0 saturated carbocycles. The fourth-order valence-corrected chi connectivity index (χ4v) is 6.73. The molecule has 2 nitrogen and oxygen atoms in total. The summed E-state index contributed by atoms with van der Waals surface area (Å²) in [7, 11) is 0. The Morgan fingerprint density at radius 3 is 1.80 bits per heavy atom. The smallest absolute Gasteiger partial charge is 0.0972 e. The van der Waals surface area contributed by atoms with Gasteiger partial charge < -0.3 is 0 Å². The maximum Gasteiger partial charge on any atom is 0.0972 e. The van der Waals surface area contributed by atoms with Gasteiger partial charge in [-0.25, -0.2) is 4.98 Å². The van der Waals surface area contributed by atoms with E-state index >= 15 is 0 Å². The molecule has 0 spiro atoms. The van der Waals surface area contributed by atoms with E-state index in [1.807, 2.05) is 23.6 Å². The van der Waals surface area contributed by atoms with Gasteiger partial charge in [0.15, 0.2) is 0 Å². The summed E-state index contributed by atoms with van der Waals surface area (Å²) in [4.78, 5) is 12.3. The molecule has 8 aromatic rings. The Morgan fingerprint density at radius 2 is 1.02 bits per heavy atom. The number of nitrogens with zero attached hydrogens (tertiary/aromatic N) is 2. The van der Waals surface area contributed by atoms with Crippen molar-refractivity contribution < 1.29 is 0 Å². The number of hydrogen-bond acceptors (Lipinski definition) is 3. The number of benzene rings is 5. The Bertz CT molecular complexity index is 2200. The van der Waals surface area contributed by atoms with E-state index in [9.17, 15) is 0 Å². The van der Waals surface area contributed by atoms with Crippen LogP contribution in [-0.2, 0) is 0 Å². The summed E-state index contributed by atoms with van der Waals surface area (Å²) >= 11 is 1.83. The molecule has 3 heteroatoms. The third-order valence-electron chi connectivity index (χ3n) is 7.78. The van der Waals surface area contributed by atoms with Crippen LogP contribution in [0.2, 0.25) is 0 Å². The quantitative estimate of drug-likeness (QED) is 0.208. The van der Waals surface area contributed by atoms with Crippen LogP contribution in [0.1, 0.15) is 0 Å². The minimum atomic E-state index is 0.938. The van der Waals surface area contributed by atoms with E-state index in [4.69, 9.17) is 4.98 Å². The van der Waals surface area contributed by atoms with Gasteiger partial charge in [-0.15, -0.1) is 11.3 Å². The Kier molecular flexibility index (Phi) is 5.68. The number of aromatic nitrogens is 2. The zero-order valence-corrected chi connectivity index (χ0v) is 23.0. The molecule has 0 fully saturated rings. The summed E-state index contributed by atoms with van der Waals surface area (Å²) in [6.45, 7) is 0. The molecule has 0 unspecified atom stereocenters. The van der Waals surface area contributed by atoms with Gasteiger partial charge in [0.1, 0.15) is 0 Å². The summed E-state index contributed by atoms with van der Waals surface area (Å²) in [5.41, 5.74) is 8.89. The lowest BCUT2D eigenvalue weighted by Crippen LogP contribution is -1.91. The molecule has 3 heterocycles. The monoisotopic (exact) mass is 540 g/mol. The summed E-state index contributed by atoms with van der Waals surface area (Å²) < 4.78 is 0. The van der Waals surface area contributed by atoms with Crippen LogP contribution in [0.25, 0.3) is 75.8 Å². The summed E-state index contributed by atoms with van der Waals surface area (Å²) in [5.74, 6) is 0. The molecule has 5 aromatic carbocycles. The topological polar surface area (TPSA) is 25.8 Å². The van der Waals surface area contributed by atoms with Gasteiger partial charge in [0.2, 0.25) is 0 Å². The molecule has 41 heavy (non-hydrogen) atoms. The van der Waals surface area contributed by atoms with Gasteiger partial charge in [0.25, 0.3) is 0 Å². The molecule has 0 saturated heterocycles. The van der Waals surface area contributed by atoms with Crippen LogP contribution >= 0.6 is 11.3 Å². The van der Waals surface area contributed by atoms with Gasteiger partial charge >= 0.3 is 0 Å². The van der Waals surface area contributed by atoms with Gasteiger partial charge in [-0.05, 0) is 57.3 Å². The van der Waals surface area contributed by atoms with Crippen LogP contribution in [0.15, 0.2) is 146 Å². The SMILES string of the molecule is c1ccc(-c2ccc(-c3ccc(-c4ccc(-c5ccc6ccc7cccnc7c6n5)c5ccccc45)cc3)s2)cc1. The molecule has 0 aliphatic heterocycles. The van der Waals surface area contributed by atoms with E-state index in [1.54, 1.807) is 0 Å². The lowest BCUT2D eigenvalue weighted by molar-refractivity contribution is 1.37. The second-order valence-corrected chi connectivity index (χ2v) is 11.3. The normalized spacial score (nSPS) is 11.4. The molecule has 3 aromatic heterocycles. The molecule has 8 rings (SSSR count). The van der Waals surface area contributed by atoms with Crippen molar-refractivity contribution in [2.24, 2.45) is 0 Å². The zero-order chi connectivity index (χ0) is 27.2. The summed E-state index contributed by atoms with van der Waals surface area (Å²) in [5, 5.41) is 4.62. The fourth-order valence-electron chi connectivity index (χ4n) is 5.71. The average molecular weight is 541 g/mol. The molecule has 0 aliphatic rings. The number of fused-ring (bicyclic) bond motifs is 4. The molecular formula is C38H24N2S. The van der Waals surface area contributed by atoms with Crippen LogP contribution in [0.4, 0.5) is 0 Å². The van der Waals surface area contributed by atoms with E-state index in [1.165, 1.54) is 42.8 Å². The Morgan fingerprint density at radius 1 is 0.415 bits per heavy atom. The molecule has 0 amide bonds. The second-order valence-electron chi connectivity index (χ2n) is 10.2. The first-order valence-electron chi connectivity index (χ1n) is 13.7. The van der Waals surface area contributed by atoms with Crippen molar-refractivity contribution in [2.45, 2.75) is 0 Å². The van der Waals surface area contributed by atoms with Gasteiger partial charge in [-0.2, -0.15) is 0 Å². The van der Waals surface area contributed by atoms with Crippen molar-refractivity contribution >= 4 is 43.9 Å². The lowest BCUT2D eigenvalue weighted by Gasteiger charge is -2.13. The fraction of sp³-hybridized carbons (Fsp3) is 0. The van der Waals surface area contributed by atoms with Crippen LogP contribution < -0.4 is 0 Å². The highest BCUT2D eigenvalue weighted by atomic mass is 32.1. The zero-order valence-electron chi connectivity index (χ0n) is 22.2. The third kappa shape index (κ3) is 4.19. The highest BCUT2D eigenvalue weighted by molar-refractivity contribution is 7.18. The number of thiophene rings is 1. The van der Waals surface area contributed by atoms with Crippen molar-refractivity contribution in [2.75, 3.05) is 0 Å². The van der Waals surface area contributed by atoms with Gasteiger partial charge in [0, 0.05) is 32.3 Å². The van der Waals surface area contributed by atoms with Gasteiger partial charge in [-0.3, -0.25) is 4.98 Å². The minimum Gasteiger partial charge on any atom is -0.254 e. The summed E-state index contributed by atoms with van der Waals surface area (Å²) in [6, 6.07) is 49.6. The van der Waals surface area contributed by atoms with Crippen molar-refractivity contribution in [1.29, 1.82) is 0 Å². The van der Waals surface area contributed by atoms with E-state index in [0.29, 0.717) is 0 Å². The summed E-state index contributed by atoms with van der Waals surface area (Å²) in [6.07, 6.45) is 1.84. The van der Waals surface area contributed by atoms with E-state index < -0.39 is 0 Å². The molecular weight excluding hydrogens is 516 g/mol. The molecule has 0 N–H and O–H groups in total. The van der Waals surface area contributed by atoms with Crippen molar-refractivity contribution in [3.63, 3.8) is 0 Å². The third-order valence-corrected chi connectivity index (χ3v) is 8.96. The second kappa shape index (κ2) is 9.81. The van der Waals surface area contributed by atoms with E-state index in [-0.39, 0.29) is 0 Å². The maximum atomic E-state index is 5.13. The molecule has 192 valence electrons. The van der Waals surface area contributed by atoms with E-state index in [0.717, 1.165) is 33.1 Å². The Labute approximate surface area is 242 Å². The van der Waals surface area contributed by atoms with Crippen molar-refractivity contribution in [1.82, 2.24) is 9.97 Å². The van der Waals surface area contributed by atoms with Gasteiger partial charge in [0.05, 0.1) is 16.7 Å². The molecule has 0 radical (unpaired) electrons.